The normalized spacial score (nSPS) is 22.9. The number of benzene rings is 1. The van der Waals surface area contributed by atoms with E-state index < -0.39 is 0 Å². The van der Waals surface area contributed by atoms with Crippen LogP contribution in [-0.2, 0) is 13.1 Å². The van der Waals surface area contributed by atoms with E-state index in [1.165, 1.54) is 36.2 Å². The van der Waals surface area contributed by atoms with Gasteiger partial charge in [0.05, 0.1) is 6.26 Å². The molecule has 0 bridgehead atoms. The SMILES string of the molecule is Brc1ccccc1C[NH+]1CC[NH+](Cc2ccco2)CC1. The summed E-state index contributed by atoms with van der Waals surface area (Å²) in [7, 11) is 0. The summed E-state index contributed by atoms with van der Waals surface area (Å²) in [4.78, 5) is 3.32. The maximum Gasteiger partial charge on any atom is 0.157 e. The second-order valence-corrected chi connectivity index (χ2v) is 6.38. The summed E-state index contributed by atoms with van der Waals surface area (Å²) in [6.45, 7) is 7.06. The zero-order chi connectivity index (χ0) is 13.8. The van der Waals surface area contributed by atoms with Gasteiger partial charge < -0.3 is 14.2 Å². The van der Waals surface area contributed by atoms with Crippen molar-refractivity contribution in [1.29, 1.82) is 0 Å². The van der Waals surface area contributed by atoms with Crippen molar-refractivity contribution in [2.24, 2.45) is 0 Å². The summed E-state index contributed by atoms with van der Waals surface area (Å²) in [5, 5.41) is 0. The summed E-state index contributed by atoms with van der Waals surface area (Å²) in [6.07, 6.45) is 1.77. The van der Waals surface area contributed by atoms with Gasteiger partial charge >= 0.3 is 0 Å². The van der Waals surface area contributed by atoms with E-state index in [-0.39, 0.29) is 0 Å². The molecule has 0 radical (unpaired) electrons. The number of nitrogens with one attached hydrogen (secondary N) is 2. The van der Waals surface area contributed by atoms with Crippen molar-refractivity contribution in [3.8, 4) is 0 Å². The lowest BCUT2D eigenvalue weighted by Crippen LogP contribution is -3.27. The second kappa shape index (κ2) is 6.57. The molecule has 1 aliphatic heterocycles. The molecular formula is C16H21BrN2O+2. The minimum Gasteiger partial charge on any atom is -0.463 e. The standard InChI is InChI=1S/C16H19BrN2O/c17-16-6-2-1-4-14(16)12-18-7-9-19(10-8-18)13-15-5-3-11-20-15/h1-6,11H,7-10,12-13H2/p+2. The molecule has 1 aliphatic rings. The Morgan fingerprint density at radius 1 is 0.900 bits per heavy atom. The Bertz CT molecular complexity index is 533. The van der Waals surface area contributed by atoms with E-state index in [1.807, 2.05) is 6.07 Å². The summed E-state index contributed by atoms with van der Waals surface area (Å²) in [5.74, 6) is 1.11. The highest BCUT2D eigenvalue weighted by Gasteiger charge is 2.24. The van der Waals surface area contributed by atoms with E-state index >= 15 is 0 Å². The Morgan fingerprint density at radius 2 is 1.60 bits per heavy atom. The lowest BCUT2D eigenvalue weighted by atomic mass is 10.2. The van der Waals surface area contributed by atoms with Gasteiger partial charge in [0.1, 0.15) is 39.3 Å². The van der Waals surface area contributed by atoms with Crippen LogP contribution in [0.2, 0.25) is 0 Å². The molecule has 0 amide bonds. The molecule has 0 saturated carbocycles. The maximum atomic E-state index is 5.44. The van der Waals surface area contributed by atoms with Gasteiger partial charge in [-0.15, -0.1) is 0 Å². The van der Waals surface area contributed by atoms with Crippen LogP contribution in [-0.4, -0.2) is 26.2 Å². The monoisotopic (exact) mass is 336 g/mol. The fourth-order valence-electron chi connectivity index (χ4n) is 2.88. The predicted molar refractivity (Wildman–Crippen MR) is 81.7 cm³/mol. The van der Waals surface area contributed by atoms with E-state index in [0.717, 1.165) is 18.8 Å². The summed E-state index contributed by atoms with van der Waals surface area (Å²) >= 11 is 3.64. The molecule has 3 nitrogen and oxygen atoms in total. The first-order valence-corrected chi connectivity index (χ1v) is 8.03. The molecule has 106 valence electrons. The van der Waals surface area contributed by atoms with Crippen LogP contribution >= 0.6 is 15.9 Å². The Morgan fingerprint density at radius 3 is 2.25 bits per heavy atom. The third kappa shape index (κ3) is 3.51. The third-order valence-electron chi connectivity index (χ3n) is 4.07. The number of piperazine rings is 1. The topological polar surface area (TPSA) is 22.0 Å². The van der Waals surface area contributed by atoms with Crippen molar-refractivity contribution in [3.05, 3.63) is 58.5 Å². The van der Waals surface area contributed by atoms with Crippen LogP contribution < -0.4 is 9.80 Å². The molecular weight excluding hydrogens is 316 g/mol. The molecule has 0 unspecified atom stereocenters. The largest absolute Gasteiger partial charge is 0.463 e. The average molecular weight is 337 g/mol. The smallest absolute Gasteiger partial charge is 0.157 e. The summed E-state index contributed by atoms with van der Waals surface area (Å²) in [5.41, 5.74) is 1.41. The Kier molecular flexibility index (Phi) is 4.55. The Balaban J connectivity index is 1.50. The van der Waals surface area contributed by atoms with Crippen molar-refractivity contribution in [2.45, 2.75) is 13.1 Å². The van der Waals surface area contributed by atoms with Crippen molar-refractivity contribution in [2.75, 3.05) is 26.2 Å². The van der Waals surface area contributed by atoms with Crippen LogP contribution in [0.3, 0.4) is 0 Å². The number of furan rings is 1. The van der Waals surface area contributed by atoms with Gasteiger partial charge in [0.2, 0.25) is 0 Å². The van der Waals surface area contributed by atoms with Gasteiger partial charge in [0.25, 0.3) is 0 Å². The number of hydrogen-bond acceptors (Lipinski definition) is 1. The van der Waals surface area contributed by atoms with Crippen molar-refractivity contribution in [3.63, 3.8) is 0 Å². The number of hydrogen-bond donors (Lipinski definition) is 2. The molecule has 0 aliphatic carbocycles. The molecule has 1 aromatic heterocycles. The molecule has 0 spiro atoms. The lowest BCUT2D eigenvalue weighted by molar-refractivity contribution is -1.02. The fraction of sp³-hybridized carbons (Fsp3) is 0.375. The van der Waals surface area contributed by atoms with Crippen LogP contribution in [0.5, 0.6) is 0 Å². The van der Waals surface area contributed by atoms with Gasteiger partial charge in [0, 0.05) is 10.0 Å². The maximum absolute atomic E-state index is 5.44. The highest BCUT2D eigenvalue weighted by Crippen LogP contribution is 2.14. The first-order chi connectivity index (χ1) is 9.81. The second-order valence-electron chi connectivity index (χ2n) is 5.52. The number of quaternary nitrogens is 2. The van der Waals surface area contributed by atoms with Crippen LogP contribution in [0.15, 0.2) is 51.6 Å². The fourth-order valence-corrected chi connectivity index (χ4v) is 3.31. The van der Waals surface area contributed by atoms with Crippen LogP contribution in [0, 0.1) is 0 Å². The average Bonchev–Trinajstić information content (AvgIpc) is 2.96. The minimum absolute atomic E-state index is 1.02. The predicted octanol–water partition coefficient (Wildman–Crippen LogP) is 0.526. The lowest BCUT2D eigenvalue weighted by Gasteiger charge is -2.29. The molecule has 1 saturated heterocycles. The van der Waals surface area contributed by atoms with Gasteiger partial charge in [-0.2, -0.15) is 0 Å². The molecule has 1 fully saturated rings. The van der Waals surface area contributed by atoms with E-state index in [0.29, 0.717) is 0 Å². The van der Waals surface area contributed by atoms with E-state index in [2.05, 4.69) is 46.3 Å². The van der Waals surface area contributed by atoms with Gasteiger partial charge in [-0.3, -0.25) is 0 Å². The summed E-state index contributed by atoms with van der Waals surface area (Å²) < 4.78 is 6.67. The summed E-state index contributed by atoms with van der Waals surface area (Å²) in [6, 6.07) is 12.6. The van der Waals surface area contributed by atoms with Gasteiger partial charge in [-0.25, -0.2) is 0 Å². The minimum atomic E-state index is 1.02. The van der Waals surface area contributed by atoms with Crippen LogP contribution in [0.25, 0.3) is 0 Å². The van der Waals surface area contributed by atoms with E-state index in [9.17, 15) is 0 Å². The molecule has 0 atom stereocenters. The molecule has 2 aromatic rings. The van der Waals surface area contributed by atoms with Crippen molar-refractivity contribution >= 4 is 15.9 Å². The molecule has 20 heavy (non-hydrogen) atoms. The van der Waals surface area contributed by atoms with Crippen molar-refractivity contribution < 1.29 is 14.2 Å². The third-order valence-corrected chi connectivity index (χ3v) is 4.84. The van der Waals surface area contributed by atoms with Gasteiger partial charge in [-0.1, -0.05) is 34.1 Å². The Labute approximate surface area is 128 Å². The first-order valence-electron chi connectivity index (χ1n) is 7.24. The zero-order valence-electron chi connectivity index (χ0n) is 11.6. The van der Waals surface area contributed by atoms with E-state index in [1.54, 1.807) is 16.1 Å². The van der Waals surface area contributed by atoms with Crippen molar-refractivity contribution in [1.82, 2.24) is 0 Å². The zero-order valence-corrected chi connectivity index (χ0v) is 13.2. The molecule has 4 heteroatoms. The van der Waals surface area contributed by atoms with Crippen LogP contribution in [0.1, 0.15) is 11.3 Å². The number of rotatable bonds is 4. The molecule has 1 aromatic carbocycles. The highest BCUT2D eigenvalue weighted by atomic mass is 79.9. The van der Waals surface area contributed by atoms with Crippen LogP contribution in [0.4, 0.5) is 0 Å². The van der Waals surface area contributed by atoms with E-state index in [4.69, 9.17) is 4.42 Å². The molecule has 2 heterocycles. The number of halogens is 1. The Hall–Kier alpha value is -1.10. The quantitative estimate of drug-likeness (QED) is 0.835. The highest BCUT2D eigenvalue weighted by molar-refractivity contribution is 9.10. The molecule has 2 N–H and O–H groups in total. The van der Waals surface area contributed by atoms with Gasteiger partial charge in [-0.05, 0) is 18.2 Å². The van der Waals surface area contributed by atoms with Gasteiger partial charge in [0.15, 0.2) is 5.76 Å². The molecule has 3 rings (SSSR count). The first kappa shape index (κ1) is 13.9.